The Balaban J connectivity index is 2.49. The molecule has 0 aliphatic carbocycles. The quantitative estimate of drug-likeness (QED) is 0.738. The van der Waals surface area contributed by atoms with E-state index < -0.39 is 0 Å². The largest absolute Gasteiger partial charge is 0.362 e. The molecule has 1 aromatic rings. The van der Waals surface area contributed by atoms with Crippen molar-refractivity contribution in [1.82, 2.24) is 0 Å². The fourth-order valence-electron chi connectivity index (χ4n) is 1.06. The Labute approximate surface area is 79.5 Å². The third kappa shape index (κ3) is 3.30. The highest BCUT2D eigenvalue weighted by atomic mass is 14.8. The van der Waals surface area contributed by atoms with Crippen LogP contribution in [0, 0.1) is 6.92 Å². The van der Waals surface area contributed by atoms with Crippen molar-refractivity contribution >= 4 is 5.69 Å². The summed E-state index contributed by atoms with van der Waals surface area (Å²) in [6.07, 6.45) is 4.89. The maximum atomic E-state index is 5.36. The number of nitrogens with two attached hydrogens (primary N) is 1. The number of hydrogen-bond acceptors (Lipinski definition) is 2. The summed E-state index contributed by atoms with van der Waals surface area (Å²) < 4.78 is 0. The molecule has 3 N–H and O–H groups in total. The topological polar surface area (TPSA) is 38.0 Å². The second-order valence-electron chi connectivity index (χ2n) is 2.94. The van der Waals surface area contributed by atoms with E-state index in [0.717, 1.165) is 12.1 Å². The van der Waals surface area contributed by atoms with E-state index in [2.05, 4.69) is 24.4 Å². The van der Waals surface area contributed by atoms with E-state index in [0.29, 0.717) is 6.54 Å². The average molecular weight is 176 g/mol. The molecule has 0 unspecified atom stereocenters. The molecule has 0 radical (unpaired) electrons. The third-order valence-electron chi connectivity index (χ3n) is 1.84. The van der Waals surface area contributed by atoms with Gasteiger partial charge in [-0.1, -0.05) is 24.3 Å². The maximum absolute atomic E-state index is 5.36. The Morgan fingerprint density at radius 3 is 2.85 bits per heavy atom. The minimum Gasteiger partial charge on any atom is -0.362 e. The van der Waals surface area contributed by atoms with Gasteiger partial charge in [0.15, 0.2) is 0 Å². The van der Waals surface area contributed by atoms with Crippen LogP contribution in [0.2, 0.25) is 0 Å². The Bertz CT molecular complexity index is 279. The maximum Gasteiger partial charge on any atom is 0.0409 e. The van der Waals surface area contributed by atoms with Crippen molar-refractivity contribution in [1.29, 1.82) is 0 Å². The van der Waals surface area contributed by atoms with E-state index >= 15 is 0 Å². The van der Waals surface area contributed by atoms with Crippen LogP contribution in [0.25, 0.3) is 0 Å². The average Bonchev–Trinajstić information content (AvgIpc) is 2.15. The molecule has 1 aromatic carbocycles. The number of hydrogen-bond donors (Lipinski definition) is 2. The Morgan fingerprint density at radius 1 is 1.38 bits per heavy atom. The van der Waals surface area contributed by atoms with Gasteiger partial charge < -0.3 is 11.1 Å². The van der Waals surface area contributed by atoms with Crippen LogP contribution in [-0.4, -0.2) is 6.54 Å². The minimum absolute atomic E-state index is 0.700. The van der Waals surface area contributed by atoms with Crippen LogP contribution in [-0.2, 0) is 0 Å². The predicted octanol–water partition coefficient (Wildman–Crippen LogP) is 2.27. The van der Waals surface area contributed by atoms with Gasteiger partial charge in [-0.25, -0.2) is 0 Å². The van der Waals surface area contributed by atoms with Crippen LogP contribution < -0.4 is 11.1 Å². The number of aryl methyl sites for hydroxylation is 1. The van der Waals surface area contributed by atoms with Gasteiger partial charge in [-0.05, 0) is 37.7 Å². The van der Waals surface area contributed by atoms with Crippen LogP contribution in [0.15, 0.2) is 36.5 Å². The van der Waals surface area contributed by atoms with Gasteiger partial charge in [0.05, 0.1) is 0 Å². The predicted molar refractivity (Wildman–Crippen MR) is 57.6 cm³/mol. The van der Waals surface area contributed by atoms with Gasteiger partial charge in [0.2, 0.25) is 0 Å². The molecule has 0 bridgehead atoms. The highest BCUT2D eigenvalue weighted by Gasteiger charge is 1.90. The van der Waals surface area contributed by atoms with Gasteiger partial charge in [0.25, 0.3) is 0 Å². The first-order valence-electron chi connectivity index (χ1n) is 4.52. The van der Waals surface area contributed by atoms with Crippen molar-refractivity contribution in [2.75, 3.05) is 11.9 Å². The van der Waals surface area contributed by atoms with Crippen molar-refractivity contribution in [2.24, 2.45) is 5.73 Å². The first-order valence-corrected chi connectivity index (χ1v) is 4.52. The summed E-state index contributed by atoms with van der Waals surface area (Å²) in [6.45, 7) is 2.78. The molecule has 0 aliphatic heterocycles. The SMILES string of the molecule is Cc1ccccc1N/C=C/CCN. The number of rotatable bonds is 4. The molecular formula is C11H16N2. The summed E-state index contributed by atoms with van der Waals surface area (Å²) in [7, 11) is 0. The van der Waals surface area contributed by atoms with E-state index in [-0.39, 0.29) is 0 Å². The Morgan fingerprint density at radius 2 is 2.15 bits per heavy atom. The molecule has 13 heavy (non-hydrogen) atoms. The summed E-state index contributed by atoms with van der Waals surface area (Å²) in [4.78, 5) is 0. The Hall–Kier alpha value is -1.28. The lowest BCUT2D eigenvalue weighted by atomic mass is 10.2. The second-order valence-corrected chi connectivity index (χ2v) is 2.94. The molecular weight excluding hydrogens is 160 g/mol. The molecule has 0 fully saturated rings. The first-order chi connectivity index (χ1) is 6.34. The molecule has 0 saturated carbocycles. The summed E-state index contributed by atoms with van der Waals surface area (Å²) in [5, 5.41) is 3.21. The molecule has 0 amide bonds. The number of anilines is 1. The fraction of sp³-hybridized carbons (Fsp3) is 0.273. The van der Waals surface area contributed by atoms with Crippen molar-refractivity contribution in [3.05, 3.63) is 42.1 Å². The van der Waals surface area contributed by atoms with Gasteiger partial charge in [-0.2, -0.15) is 0 Å². The molecule has 0 saturated heterocycles. The lowest BCUT2D eigenvalue weighted by molar-refractivity contribution is 1.01. The molecule has 0 atom stereocenters. The zero-order valence-corrected chi connectivity index (χ0v) is 7.96. The number of benzene rings is 1. The lowest BCUT2D eigenvalue weighted by Gasteiger charge is -2.03. The zero-order valence-electron chi connectivity index (χ0n) is 7.96. The molecule has 0 aliphatic rings. The summed E-state index contributed by atoms with van der Waals surface area (Å²) in [5.41, 5.74) is 7.76. The van der Waals surface area contributed by atoms with Crippen molar-refractivity contribution in [3.8, 4) is 0 Å². The molecule has 0 spiro atoms. The second kappa shape index (κ2) is 5.38. The van der Waals surface area contributed by atoms with E-state index in [1.165, 1.54) is 5.56 Å². The van der Waals surface area contributed by atoms with Crippen molar-refractivity contribution < 1.29 is 0 Å². The van der Waals surface area contributed by atoms with E-state index in [1.54, 1.807) is 0 Å². The highest BCUT2D eigenvalue weighted by Crippen LogP contribution is 2.12. The Kier molecular flexibility index (Phi) is 4.06. The molecule has 0 heterocycles. The van der Waals surface area contributed by atoms with E-state index in [1.807, 2.05) is 24.4 Å². The van der Waals surface area contributed by atoms with Crippen LogP contribution in [0.1, 0.15) is 12.0 Å². The normalized spacial score (nSPS) is 10.6. The molecule has 2 heteroatoms. The van der Waals surface area contributed by atoms with E-state index in [9.17, 15) is 0 Å². The molecule has 2 nitrogen and oxygen atoms in total. The number of para-hydroxylation sites is 1. The number of nitrogens with one attached hydrogen (secondary N) is 1. The summed E-state index contributed by atoms with van der Waals surface area (Å²) in [6, 6.07) is 8.19. The van der Waals surface area contributed by atoms with Gasteiger partial charge in [-0.15, -0.1) is 0 Å². The standard InChI is InChI=1S/C11H16N2/c1-10-6-2-3-7-11(10)13-9-5-4-8-12/h2-3,5-7,9,13H,4,8,12H2,1H3/b9-5+. The van der Waals surface area contributed by atoms with Gasteiger partial charge in [0, 0.05) is 5.69 Å². The van der Waals surface area contributed by atoms with Crippen LogP contribution >= 0.6 is 0 Å². The monoisotopic (exact) mass is 176 g/mol. The fourth-order valence-corrected chi connectivity index (χ4v) is 1.06. The molecule has 1 rings (SSSR count). The van der Waals surface area contributed by atoms with Gasteiger partial charge in [-0.3, -0.25) is 0 Å². The summed E-state index contributed by atoms with van der Waals surface area (Å²) in [5.74, 6) is 0. The van der Waals surface area contributed by atoms with Crippen LogP contribution in [0.3, 0.4) is 0 Å². The molecule has 0 aromatic heterocycles. The van der Waals surface area contributed by atoms with Gasteiger partial charge >= 0.3 is 0 Å². The van der Waals surface area contributed by atoms with Crippen LogP contribution in [0.5, 0.6) is 0 Å². The summed E-state index contributed by atoms with van der Waals surface area (Å²) >= 11 is 0. The van der Waals surface area contributed by atoms with Gasteiger partial charge in [0.1, 0.15) is 0 Å². The van der Waals surface area contributed by atoms with Crippen molar-refractivity contribution in [3.63, 3.8) is 0 Å². The van der Waals surface area contributed by atoms with Crippen LogP contribution in [0.4, 0.5) is 5.69 Å². The van der Waals surface area contributed by atoms with Crippen molar-refractivity contribution in [2.45, 2.75) is 13.3 Å². The lowest BCUT2D eigenvalue weighted by Crippen LogP contribution is -1.96. The third-order valence-corrected chi connectivity index (χ3v) is 1.84. The highest BCUT2D eigenvalue weighted by molar-refractivity contribution is 5.51. The smallest absolute Gasteiger partial charge is 0.0409 e. The first kappa shape index (κ1) is 9.81. The van der Waals surface area contributed by atoms with E-state index in [4.69, 9.17) is 5.73 Å². The molecule has 70 valence electrons. The minimum atomic E-state index is 0.700. The zero-order chi connectivity index (χ0) is 9.52.